The lowest BCUT2D eigenvalue weighted by Crippen LogP contribution is -2.31. The highest BCUT2D eigenvalue weighted by molar-refractivity contribution is 7.18. The minimum Gasteiger partial charge on any atom is -0.356 e. The summed E-state index contributed by atoms with van der Waals surface area (Å²) in [5.41, 5.74) is 0.953. The van der Waals surface area contributed by atoms with Gasteiger partial charge in [0.25, 0.3) is 0 Å². The van der Waals surface area contributed by atoms with Gasteiger partial charge in [0.2, 0.25) is 0 Å². The van der Waals surface area contributed by atoms with Gasteiger partial charge in [0.15, 0.2) is 0 Å². The zero-order chi connectivity index (χ0) is 20.3. The highest BCUT2D eigenvalue weighted by Crippen LogP contribution is 2.34. The minimum atomic E-state index is -4.22. The summed E-state index contributed by atoms with van der Waals surface area (Å²) in [7, 11) is 0. The van der Waals surface area contributed by atoms with Crippen LogP contribution >= 0.6 is 11.3 Å². The van der Waals surface area contributed by atoms with E-state index in [1.807, 2.05) is 6.07 Å². The predicted octanol–water partition coefficient (Wildman–Crippen LogP) is 3.73. The van der Waals surface area contributed by atoms with Gasteiger partial charge in [-0.1, -0.05) is 0 Å². The van der Waals surface area contributed by atoms with E-state index in [0.29, 0.717) is 22.8 Å². The third-order valence-corrected chi connectivity index (χ3v) is 6.02. The first kappa shape index (κ1) is 20.0. The van der Waals surface area contributed by atoms with Gasteiger partial charge < -0.3 is 10.2 Å². The number of alkyl halides is 3. The van der Waals surface area contributed by atoms with Crippen molar-refractivity contribution in [3.05, 3.63) is 41.6 Å². The van der Waals surface area contributed by atoms with Gasteiger partial charge in [-0.3, -0.25) is 0 Å². The molecule has 0 saturated carbocycles. The molecule has 1 saturated heterocycles. The normalized spacial score (nSPS) is 18.2. The molecule has 0 amide bonds. The van der Waals surface area contributed by atoms with Gasteiger partial charge in [-0.15, -0.1) is 11.3 Å². The second kappa shape index (κ2) is 8.58. The summed E-state index contributed by atoms with van der Waals surface area (Å²) in [6.45, 7) is 2.30. The maximum atomic E-state index is 12.8. The van der Waals surface area contributed by atoms with Crippen molar-refractivity contribution in [2.45, 2.75) is 44.4 Å². The summed E-state index contributed by atoms with van der Waals surface area (Å²) >= 11 is 1.09. The molecule has 3 aromatic heterocycles. The second-order valence-electron chi connectivity index (χ2n) is 7.12. The van der Waals surface area contributed by atoms with Crippen molar-refractivity contribution in [2.75, 3.05) is 18.0 Å². The molecule has 0 radical (unpaired) electrons. The Morgan fingerprint density at radius 3 is 2.83 bits per heavy atom. The van der Waals surface area contributed by atoms with Crippen LogP contribution in [-0.2, 0) is 13.0 Å². The molecular weight excluding hydrogens is 401 g/mol. The van der Waals surface area contributed by atoms with E-state index in [2.05, 4.69) is 30.2 Å². The number of aromatic nitrogens is 4. The number of rotatable bonds is 5. The molecule has 0 aliphatic carbocycles. The molecule has 1 atom stereocenters. The molecule has 1 aliphatic heterocycles. The average Bonchev–Trinajstić information content (AvgIpc) is 2.94. The maximum absolute atomic E-state index is 12.8. The largest absolute Gasteiger partial charge is 0.393 e. The molecule has 1 aliphatic rings. The Bertz CT molecular complexity index is 946. The summed E-state index contributed by atoms with van der Waals surface area (Å²) in [6, 6.07) is 3.84. The van der Waals surface area contributed by atoms with Crippen LogP contribution in [0.4, 0.5) is 19.0 Å². The van der Waals surface area contributed by atoms with E-state index in [0.717, 1.165) is 55.2 Å². The SMILES string of the molecule is FC(F)(F)Cc1cc2c(N3CCCC(NCc4ccncn4)CC3)ncnc2s1. The molecule has 154 valence electrons. The number of halogens is 3. The fourth-order valence-electron chi connectivity index (χ4n) is 3.61. The topological polar surface area (TPSA) is 66.8 Å². The zero-order valence-electron chi connectivity index (χ0n) is 15.7. The number of hydrogen-bond acceptors (Lipinski definition) is 7. The molecule has 4 rings (SSSR count). The average molecular weight is 422 g/mol. The van der Waals surface area contributed by atoms with Crippen molar-refractivity contribution in [3.8, 4) is 0 Å². The van der Waals surface area contributed by atoms with Gasteiger partial charge >= 0.3 is 6.18 Å². The standard InChI is InChI=1S/C19H21F3N6S/c20-19(21,22)9-15-8-16-17(26-12-27-18(16)29-15)28-6-1-2-13(4-7-28)24-10-14-3-5-23-11-25-14/h3,5,8,11-13,24H,1-2,4,6-7,9-10H2. The lowest BCUT2D eigenvalue weighted by Gasteiger charge is -2.22. The van der Waals surface area contributed by atoms with E-state index in [1.165, 1.54) is 6.33 Å². The lowest BCUT2D eigenvalue weighted by atomic mass is 10.1. The first-order chi connectivity index (χ1) is 14.0. The van der Waals surface area contributed by atoms with Crippen LogP contribution in [0.1, 0.15) is 29.8 Å². The zero-order valence-corrected chi connectivity index (χ0v) is 16.5. The fourth-order valence-corrected chi connectivity index (χ4v) is 4.63. The summed E-state index contributed by atoms with van der Waals surface area (Å²) in [4.78, 5) is 19.8. The number of nitrogens with one attached hydrogen (secondary N) is 1. The minimum absolute atomic E-state index is 0.272. The quantitative estimate of drug-likeness (QED) is 0.676. The summed E-state index contributed by atoms with van der Waals surface area (Å²) in [6.07, 6.45) is 2.50. The van der Waals surface area contributed by atoms with Gasteiger partial charge in [-0.2, -0.15) is 13.2 Å². The Labute approximate surface area is 170 Å². The van der Waals surface area contributed by atoms with Crippen LogP contribution in [0, 0.1) is 0 Å². The highest BCUT2D eigenvalue weighted by Gasteiger charge is 2.29. The molecule has 0 bridgehead atoms. The maximum Gasteiger partial charge on any atom is 0.393 e. The van der Waals surface area contributed by atoms with Gasteiger partial charge in [-0.05, 0) is 31.4 Å². The highest BCUT2D eigenvalue weighted by atomic mass is 32.1. The smallest absolute Gasteiger partial charge is 0.356 e. The molecule has 1 unspecified atom stereocenters. The Morgan fingerprint density at radius 2 is 2.03 bits per heavy atom. The van der Waals surface area contributed by atoms with Crippen LogP contribution in [0.2, 0.25) is 0 Å². The molecule has 6 nitrogen and oxygen atoms in total. The molecule has 0 spiro atoms. The van der Waals surface area contributed by atoms with Crippen LogP contribution in [0.15, 0.2) is 31.0 Å². The van der Waals surface area contributed by atoms with Crippen LogP contribution in [0.5, 0.6) is 0 Å². The second-order valence-corrected chi connectivity index (χ2v) is 8.23. The van der Waals surface area contributed by atoms with Crippen molar-refractivity contribution in [3.63, 3.8) is 0 Å². The Balaban J connectivity index is 1.44. The number of anilines is 1. The molecule has 10 heteroatoms. The number of thiophene rings is 1. The molecule has 29 heavy (non-hydrogen) atoms. The van der Waals surface area contributed by atoms with E-state index in [-0.39, 0.29) is 4.88 Å². The van der Waals surface area contributed by atoms with Crippen LogP contribution in [0.25, 0.3) is 10.2 Å². The number of hydrogen-bond donors (Lipinski definition) is 1. The molecule has 1 fully saturated rings. The van der Waals surface area contributed by atoms with Crippen molar-refractivity contribution < 1.29 is 13.2 Å². The van der Waals surface area contributed by atoms with Crippen LogP contribution < -0.4 is 10.2 Å². The van der Waals surface area contributed by atoms with Gasteiger partial charge in [0.1, 0.15) is 23.3 Å². The molecule has 1 N–H and O–H groups in total. The first-order valence-electron chi connectivity index (χ1n) is 9.51. The van der Waals surface area contributed by atoms with Crippen LogP contribution in [-0.4, -0.2) is 45.2 Å². The molecular formula is C19H21F3N6S. The van der Waals surface area contributed by atoms with Gasteiger partial charge in [0, 0.05) is 36.8 Å². The Kier molecular flexibility index (Phi) is 5.91. The van der Waals surface area contributed by atoms with Gasteiger partial charge in [-0.25, -0.2) is 19.9 Å². The number of nitrogens with zero attached hydrogens (tertiary/aromatic N) is 5. The Morgan fingerprint density at radius 1 is 1.14 bits per heavy atom. The lowest BCUT2D eigenvalue weighted by molar-refractivity contribution is -0.126. The molecule has 4 heterocycles. The Hall–Kier alpha value is -2.33. The van der Waals surface area contributed by atoms with Crippen LogP contribution in [0.3, 0.4) is 0 Å². The summed E-state index contributed by atoms with van der Waals surface area (Å²) < 4.78 is 38.3. The predicted molar refractivity (Wildman–Crippen MR) is 106 cm³/mol. The van der Waals surface area contributed by atoms with Crippen molar-refractivity contribution in [1.29, 1.82) is 0 Å². The van der Waals surface area contributed by atoms with E-state index in [9.17, 15) is 13.2 Å². The monoisotopic (exact) mass is 422 g/mol. The third kappa shape index (κ3) is 5.18. The number of fused-ring (bicyclic) bond motifs is 1. The summed E-state index contributed by atoms with van der Waals surface area (Å²) in [5, 5.41) is 4.26. The van der Waals surface area contributed by atoms with Crippen molar-refractivity contribution in [1.82, 2.24) is 25.3 Å². The van der Waals surface area contributed by atoms with E-state index in [1.54, 1.807) is 18.6 Å². The van der Waals surface area contributed by atoms with E-state index in [4.69, 9.17) is 0 Å². The van der Waals surface area contributed by atoms with Crippen molar-refractivity contribution >= 4 is 27.4 Å². The fraction of sp³-hybridized carbons (Fsp3) is 0.474. The third-order valence-electron chi connectivity index (χ3n) is 4.98. The molecule has 3 aromatic rings. The van der Waals surface area contributed by atoms with Gasteiger partial charge in [0.05, 0.1) is 17.5 Å². The first-order valence-corrected chi connectivity index (χ1v) is 10.3. The van der Waals surface area contributed by atoms with E-state index < -0.39 is 12.6 Å². The van der Waals surface area contributed by atoms with Crippen molar-refractivity contribution in [2.24, 2.45) is 0 Å². The van der Waals surface area contributed by atoms with E-state index >= 15 is 0 Å². The molecule has 0 aromatic carbocycles. The summed E-state index contributed by atoms with van der Waals surface area (Å²) in [5.74, 6) is 0.733.